The first kappa shape index (κ1) is 22.2. The van der Waals surface area contributed by atoms with Crippen molar-refractivity contribution in [3.05, 3.63) is 34.4 Å². The minimum Gasteiger partial charge on any atom is -0.379 e. The van der Waals surface area contributed by atoms with Crippen molar-refractivity contribution in [2.24, 2.45) is 22.5 Å². The molecule has 1 aromatic rings. The molecule has 8 nitrogen and oxygen atoms in total. The van der Waals surface area contributed by atoms with Crippen LogP contribution in [0.3, 0.4) is 0 Å². The monoisotopic (exact) mass is 474 g/mol. The molecule has 33 heavy (non-hydrogen) atoms. The number of benzene rings is 1. The van der Waals surface area contributed by atoms with Gasteiger partial charge in [-0.1, -0.05) is 0 Å². The van der Waals surface area contributed by atoms with Crippen LogP contribution in [0.4, 0.5) is 11.4 Å². The van der Waals surface area contributed by atoms with Gasteiger partial charge in [-0.15, -0.1) is 0 Å². The third kappa shape index (κ3) is 3.79. The summed E-state index contributed by atoms with van der Waals surface area (Å²) in [6.07, 6.45) is 8.09. The Hall–Kier alpha value is -1.31. The van der Waals surface area contributed by atoms with E-state index in [2.05, 4.69) is 9.34 Å². The van der Waals surface area contributed by atoms with Gasteiger partial charge in [-0.25, -0.2) is 4.74 Å². The smallest absolute Gasteiger partial charge is 0.269 e. The number of nitro benzene ring substituents is 1. The Bertz CT molecular complexity index is 883. The molecule has 180 valence electrons. The predicted octanol–water partition coefficient (Wildman–Crippen LogP) is 4.89. The first-order valence-corrected chi connectivity index (χ1v) is 14.3. The van der Waals surface area contributed by atoms with E-state index in [0.29, 0.717) is 0 Å². The van der Waals surface area contributed by atoms with E-state index >= 15 is 0 Å². The van der Waals surface area contributed by atoms with Gasteiger partial charge in [0.25, 0.3) is 5.69 Å². The number of non-ortho nitro benzene ring substituents is 1. The Morgan fingerprint density at radius 2 is 1.30 bits per heavy atom. The maximum Gasteiger partial charge on any atom is 0.269 e. The van der Waals surface area contributed by atoms with Crippen LogP contribution >= 0.6 is 7.36 Å². The van der Waals surface area contributed by atoms with Gasteiger partial charge in [0.2, 0.25) is 0 Å². The van der Waals surface area contributed by atoms with E-state index in [1.807, 2.05) is 12.1 Å². The first-order chi connectivity index (χ1) is 16.1. The number of hydrogen-bond acceptors (Lipinski definition) is 5. The highest BCUT2D eigenvalue weighted by Crippen LogP contribution is 2.77. The SMILES string of the molecule is O=[N+]([O-])c1ccc(N=P(N2CCOCC2)(N2CCOCC2)C23CC4CC(CC(C4)C2)C3)cc1. The van der Waals surface area contributed by atoms with Gasteiger partial charge >= 0.3 is 0 Å². The molecule has 9 heteroatoms. The average molecular weight is 475 g/mol. The molecule has 0 aromatic heterocycles. The summed E-state index contributed by atoms with van der Waals surface area (Å²) < 4.78 is 22.8. The molecule has 0 amide bonds. The number of rotatable bonds is 5. The fourth-order valence-electron chi connectivity index (χ4n) is 7.91. The van der Waals surface area contributed by atoms with Crippen molar-refractivity contribution < 1.29 is 14.4 Å². The van der Waals surface area contributed by atoms with Gasteiger partial charge < -0.3 is 9.47 Å². The van der Waals surface area contributed by atoms with Crippen LogP contribution in [0.1, 0.15) is 38.5 Å². The zero-order valence-electron chi connectivity index (χ0n) is 19.3. The zero-order chi connectivity index (χ0) is 22.5. The molecule has 4 aliphatic carbocycles. The van der Waals surface area contributed by atoms with E-state index in [4.69, 9.17) is 14.2 Å². The van der Waals surface area contributed by atoms with Gasteiger partial charge in [-0.2, -0.15) is 0 Å². The second-order valence-corrected chi connectivity index (χ2v) is 14.1. The van der Waals surface area contributed by atoms with Crippen molar-refractivity contribution in [1.29, 1.82) is 0 Å². The van der Waals surface area contributed by atoms with Crippen molar-refractivity contribution >= 4 is 18.7 Å². The summed E-state index contributed by atoms with van der Waals surface area (Å²) in [5, 5.41) is 11.5. The third-order valence-corrected chi connectivity index (χ3v) is 13.4. The minimum atomic E-state index is -2.15. The predicted molar refractivity (Wildman–Crippen MR) is 128 cm³/mol. The number of morpholine rings is 2. The van der Waals surface area contributed by atoms with Gasteiger partial charge in [-0.05, 0) is 68.4 Å². The van der Waals surface area contributed by atoms with E-state index in [0.717, 1.165) is 76.0 Å². The molecular formula is C24H35N4O4P. The second-order valence-electron chi connectivity index (χ2n) is 10.7. The van der Waals surface area contributed by atoms with Gasteiger partial charge in [0.15, 0.2) is 0 Å². The zero-order valence-corrected chi connectivity index (χ0v) is 20.2. The molecule has 6 fully saturated rings. The van der Waals surface area contributed by atoms with Gasteiger partial charge in [-0.3, -0.25) is 19.5 Å². The quantitative estimate of drug-likeness (QED) is 0.343. The summed E-state index contributed by atoms with van der Waals surface area (Å²) in [4.78, 5) is 10.9. The lowest BCUT2D eigenvalue weighted by atomic mass is 9.56. The van der Waals surface area contributed by atoms with Crippen molar-refractivity contribution in [2.75, 3.05) is 52.6 Å². The fraction of sp³-hybridized carbons (Fsp3) is 0.750. The summed E-state index contributed by atoms with van der Waals surface area (Å²) in [7, 11) is -2.15. The third-order valence-electron chi connectivity index (χ3n) is 8.72. The van der Waals surface area contributed by atoms with E-state index in [-0.39, 0.29) is 15.8 Å². The molecule has 0 radical (unpaired) electrons. The fourth-order valence-corrected chi connectivity index (χ4v) is 13.3. The van der Waals surface area contributed by atoms with Crippen LogP contribution in [0.2, 0.25) is 0 Å². The summed E-state index contributed by atoms with van der Waals surface area (Å²) >= 11 is 0. The molecule has 2 saturated heterocycles. The number of hydrogen-bond donors (Lipinski definition) is 0. The van der Waals surface area contributed by atoms with E-state index < -0.39 is 7.36 Å². The molecule has 7 rings (SSSR count). The largest absolute Gasteiger partial charge is 0.379 e. The maximum atomic E-state index is 11.3. The Kier molecular flexibility index (Phi) is 5.86. The topological polar surface area (TPSA) is 80.4 Å². The van der Waals surface area contributed by atoms with Crippen LogP contribution in [-0.4, -0.2) is 72.0 Å². The number of nitro groups is 1. The Morgan fingerprint density at radius 3 is 1.73 bits per heavy atom. The molecule has 0 atom stereocenters. The maximum absolute atomic E-state index is 11.3. The summed E-state index contributed by atoms with van der Waals surface area (Å²) in [5.41, 5.74) is 1.02. The number of ether oxygens (including phenoxy) is 2. The van der Waals surface area contributed by atoms with E-state index in [9.17, 15) is 10.1 Å². The molecule has 4 bridgehead atoms. The molecule has 0 unspecified atom stereocenters. The standard InChI is InChI=1S/C24H35N4O4P/c29-28(30)23-3-1-22(2-4-23)25-33(26-5-9-31-10-6-26,27-7-11-32-12-8-27)24-16-19-13-20(17-24)15-21(14-19)18-24/h1-4,19-21H,5-18H2. The van der Waals surface area contributed by atoms with Crippen molar-refractivity contribution in [3.63, 3.8) is 0 Å². The highest BCUT2D eigenvalue weighted by Gasteiger charge is 2.61. The lowest BCUT2D eigenvalue weighted by molar-refractivity contribution is -0.384. The van der Waals surface area contributed by atoms with Gasteiger partial charge in [0.1, 0.15) is 7.36 Å². The van der Waals surface area contributed by atoms with Crippen LogP contribution in [0.5, 0.6) is 0 Å². The number of nitrogens with zero attached hydrogens (tertiary/aromatic N) is 4. The van der Waals surface area contributed by atoms with Crippen LogP contribution in [0, 0.1) is 27.9 Å². The van der Waals surface area contributed by atoms with E-state index in [1.165, 1.54) is 38.5 Å². The molecule has 1 aromatic carbocycles. The molecule has 2 heterocycles. The van der Waals surface area contributed by atoms with E-state index in [1.54, 1.807) is 12.1 Å². The molecule has 0 N–H and O–H groups in total. The Balaban J connectivity index is 1.53. The Labute approximate surface area is 195 Å². The molecule has 6 aliphatic rings. The van der Waals surface area contributed by atoms with Crippen molar-refractivity contribution in [3.8, 4) is 0 Å². The highest BCUT2D eigenvalue weighted by molar-refractivity contribution is 7.63. The average Bonchev–Trinajstić information content (AvgIpc) is 2.83. The van der Waals surface area contributed by atoms with Crippen LogP contribution in [0.15, 0.2) is 29.0 Å². The first-order valence-electron chi connectivity index (χ1n) is 12.6. The van der Waals surface area contributed by atoms with Gasteiger partial charge in [0.05, 0.1) is 37.0 Å². The van der Waals surface area contributed by atoms with Crippen molar-refractivity contribution in [2.45, 2.75) is 43.7 Å². The summed E-state index contributed by atoms with van der Waals surface area (Å²) in [6, 6.07) is 6.97. The molecule has 2 aliphatic heterocycles. The summed E-state index contributed by atoms with van der Waals surface area (Å²) in [6.45, 7) is 6.71. The lowest BCUT2D eigenvalue weighted by Crippen LogP contribution is -2.57. The summed E-state index contributed by atoms with van der Waals surface area (Å²) in [5.74, 6) is 2.51. The molecule has 4 saturated carbocycles. The van der Waals surface area contributed by atoms with Crippen LogP contribution in [0.25, 0.3) is 0 Å². The Morgan fingerprint density at radius 1 is 0.848 bits per heavy atom. The normalized spacial score (nSPS) is 35.0. The lowest BCUT2D eigenvalue weighted by Gasteiger charge is -2.65. The molecule has 0 spiro atoms. The molecular weight excluding hydrogens is 439 g/mol. The second kappa shape index (κ2) is 8.72. The van der Waals surface area contributed by atoms with Gasteiger partial charge in [0, 0.05) is 43.5 Å². The highest BCUT2D eigenvalue weighted by atomic mass is 31.2. The van der Waals surface area contributed by atoms with Crippen molar-refractivity contribution in [1.82, 2.24) is 9.34 Å². The minimum absolute atomic E-state index is 0.130. The van der Waals surface area contributed by atoms with Crippen LogP contribution in [-0.2, 0) is 9.47 Å². The van der Waals surface area contributed by atoms with Crippen LogP contribution < -0.4 is 0 Å².